The predicted molar refractivity (Wildman–Crippen MR) is 62.1 cm³/mol. The Morgan fingerprint density at radius 2 is 2.00 bits per heavy atom. The third kappa shape index (κ3) is 1.94. The minimum absolute atomic E-state index is 0.602. The zero-order valence-corrected chi connectivity index (χ0v) is 9.55. The third-order valence-corrected chi connectivity index (χ3v) is 4.08. The molecule has 0 radical (unpaired) electrons. The van der Waals surface area contributed by atoms with Crippen molar-refractivity contribution in [3.05, 3.63) is 24.3 Å². The highest BCUT2D eigenvalue weighted by Crippen LogP contribution is 2.50. The van der Waals surface area contributed by atoms with Crippen molar-refractivity contribution in [2.45, 2.75) is 46.0 Å². The van der Waals surface area contributed by atoms with Gasteiger partial charge in [0.05, 0.1) is 0 Å². The molecule has 0 bridgehead atoms. The van der Waals surface area contributed by atoms with Crippen LogP contribution in [0.4, 0.5) is 0 Å². The van der Waals surface area contributed by atoms with Crippen LogP contribution < -0.4 is 0 Å². The Kier molecular flexibility index (Phi) is 2.55. The van der Waals surface area contributed by atoms with Crippen LogP contribution in [0.5, 0.6) is 0 Å². The van der Waals surface area contributed by atoms with E-state index >= 15 is 0 Å². The highest BCUT2D eigenvalue weighted by molar-refractivity contribution is 5.17. The van der Waals surface area contributed by atoms with Crippen LogP contribution in [0.3, 0.4) is 0 Å². The topological polar surface area (TPSA) is 0 Å². The van der Waals surface area contributed by atoms with E-state index in [4.69, 9.17) is 0 Å². The van der Waals surface area contributed by atoms with E-state index < -0.39 is 0 Å². The van der Waals surface area contributed by atoms with Crippen molar-refractivity contribution in [3.8, 4) is 0 Å². The molecule has 0 N–H and O–H groups in total. The Balaban J connectivity index is 2.05. The van der Waals surface area contributed by atoms with E-state index in [-0.39, 0.29) is 0 Å². The molecule has 0 nitrogen and oxygen atoms in total. The molecule has 2 aliphatic carbocycles. The fourth-order valence-electron chi connectivity index (χ4n) is 3.36. The van der Waals surface area contributed by atoms with Gasteiger partial charge in [-0.2, -0.15) is 0 Å². The normalized spacial score (nSPS) is 38.3. The van der Waals surface area contributed by atoms with Crippen molar-refractivity contribution in [3.63, 3.8) is 0 Å². The summed E-state index contributed by atoms with van der Waals surface area (Å²) in [4.78, 5) is 0. The van der Waals surface area contributed by atoms with Gasteiger partial charge in [0.25, 0.3) is 0 Å². The fourth-order valence-corrected chi connectivity index (χ4v) is 3.36. The second-order valence-corrected chi connectivity index (χ2v) is 5.90. The summed E-state index contributed by atoms with van der Waals surface area (Å²) < 4.78 is 0. The van der Waals surface area contributed by atoms with E-state index in [1.165, 1.54) is 32.1 Å². The first-order valence-corrected chi connectivity index (χ1v) is 5.91. The van der Waals surface area contributed by atoms with Crippen molar-refractivity contribution in [2.24, 2.45) is 17.3 Å². The zero-order valence-electron chi connectivity index (χ0n) is 9.55. The first-order chi connectivity index (χ1) is 6.61. The SMILES string of the molecule is C=C/C=C1/CC2CCC(C)(C)CC2C1. The van der Waals surface area contributed by atoms with Gasteiger partial charge in [0, 0.05) is 0 Å². The van der Waals surface area contributed by atoms with E-state index in [9.17, 15) is 0 Å². The van der Waals surface area contributed by atoms with Crippen LogP contribution in [0.2, 0.25) is 0 Å². The maximum absolute atomic E-state index is 3.79. The van der Waals surface area contributed by atoms with Gasteiger partial charge in [0.2, 0.25) is 0 Å². The van der Waals surface area contributed by atoms with Gasteiger partial charge in [-0.15, -0.1) is 0 Å². The summed E-state index contributed by atoms with van der Waals surface area (Å²) in [6.07, 6.45) is 11.2. The first-order valence-electron chi connectivity index (χ1n) is 5.91. The molecule has 0 aromatic rings. The fraction of sp³-hybridized carbons (Fsp3) is 0.714. The molecule has 2 unspecified atom stereocenters. The van der Waals surface area contributed by atoms with Crippen LogP contribution in [0, 0.1) is 17.3 Å². The summed E-state index contributed by atoms with van der Waals surface area (Å²) in [5.41, 5.74) is 2.25. The summed E-state index contributed by atoms with van der Waals surface area (Å²) in [5.74, 6) is 1.97. The molecule has 2 rings (SSSR count). The minimum atomic E-state index is 0.602. The van der Waals surface area contributed by atoms with Crippen LogP contribution in [-0.2, 0) is 0 Å². The number of hydrogen-bond acceptors (Lipinski definition) is 0. The monoisotopic (exact) mass is 190 g/mol. The van der Waals surface area contributed by atoms with Gasteiger partial charge in [0.15, 0.2) is 0 Å². The van der Waals surface area contributed by atoms with E-state index in [1.54, 1.807) is 5.57 Å². The molecular formula is C14H22. The lowest BCUT2D eigenvalue weighted by atomic mass is 9.68. The molecule has 0 heteroatoms. The number of fused-ring (bicyclic) bond motifs is 1. The lowest BCUT2D eigenvalue weighted by Gasteiger charge is -2.37. The molecular weight excluding hydrogens is 168 g/mol. The first kappa shape index (κ1) is 10.0. The average molecular weight is 190 g/mol. The molecule has 2 aliphatic rings. The second-order valence-electron chi connectivity index (χ2n) is 5.90. The van der Waals surface area contributed by atoms with Gasteiger partial charge in [-0.3, -0.25) is 0 Å². The zero-order chi connectivity index (χ0) is 10.2. The number of rotatable bonds is 1. The van der Waals surface area contributed by atoms with Crippen molar-refractivity contribution < 1.29 is 0 Å². The van der Waals surface area contributed by atoms with E-state index in [1.807, 2.05) is 6.08 Å². The molecule has 2 saturated carbocycles. The van der Waals surface area contributed by atoms with Gasteiger partial charge < -0.3 is 0 Å². The highest BCUT2D eigenvalue weighted by atomic mass is 14.4. The predicted octanol–water partition coefficient (Wildman–Crippen LogP) is 4.34. The molecule has 78 valence electrons. The van der Waals surface area contributed by atoms with Gasteiger partial charge in [-0.05, 0) is 49.4 Å². The molecule has 0 spiro atoms. The molecule has 2 fully saturated rings. The summed E-state index contributed by atoms with van der Waals surface area (Å²) in [6, 6.07) is 0. The lowest BCUT2D eigenvalue weighted by molar-refractivity contribution is 0.139. The minimum Gasteiger partial charge on any atom is -0.0991 e. The summed E-state index contributed by atoms with van der Waals surface area (Å²) in [5, 5.41) is 0. The van der Waals surface area contributed by atoms with Gasteiger partial charge in [-0.1, -0.05) is 38.2 Å². The van der Waals surface area contributed by atoms with Crippen LogP contribution in [0.15, 0.2) is 24.3 Å². The number of allylic oxidation sites excluding steroid dienone is 3. The Hall–Kier alpha value is -0.520. The largest absolute Gasteiger partial charge is 0.0991 e. The molecule has 14 heavy (non-hydrogen) atoms. The van der Waals surface area contributed by atoms with E-state index in [0.29, 0.717) is 5.41 Å². The lowest BCUT2D eigenvalue weighted by Crippen LogP contribution is -2.26. The van der Waals surface area contributed by atoms with E-state index in [2.05, 4.69) is 26.5 Å². The standard InChI is InChI=1S/C14H22/c1-4-5-11-8-12-6-7-14(2,3)10-13(12)9-11/h4-5,12-13H,1,6-10H2,2-3H3/b11-5-. The van der Waals surface area contributed by atoms with Crippen molar-refractivity contribution in [1.82, 2.24) is 0 Å². The second kappa shape index (κ2) is 3.56. The highest BCUT2D eigenvalue weighted by Gasteiger charge is 2.38. The quantitative estimate of drug-likeness (QED) is 0.577. The van der Waals surface area contributed by atoms with Crippen LogP contribution >= 0.6 is 0 Å². The van der Waals surface area contributed by atoms with E-state index in [0.717, 1.165) is 11.8 Å². The maximum atomic E-state index is 3.79. The van der Waals surface area contributed by atoms with Crippen LogP contribution in [-0.4, -0.2) is 0 Å². The molecule has 0 aromatic carbocycles. The summed E-state index contributed by atoms with van der Waals surface area (Å²) in [6.45, 7) is 8.65. The van der Waals surface area contributed by atoms with Crippen molar-refractivity contribution >= 4 is 0 Å². The molecule has 2 atom stereocenters. The van der Waals surface area contributed by atoms with Crippen LogP contribution in [0.1, 0.15) is 46.0 Å². The molecule has 0 saturated heterocycles. The Labute approximate surface area is 88.1 Å². The van der Waals surface area contributed by atoms with Crippen LogP contribution in [0.25, 0.3) is 0 Å². The average Bonchev–Trinajstić information content (AvgIpc) is 2.45. The smallest absolute Gasteiger partial charge is 0.0286 e. The Bertz CT molecular complexity index is 257. The Morgan fingerprint density at radius 3 is 2.71 bits per heavy atom. The summed E-state index contributed by atoms with van der Waals surface area (Å²) >= 11 is 0. The molecule has 0 aliphatic heterocycles. The Morgan fingerprint density at radius 1 is 1.29 bits per heavy atom. The molecule has 0 amide bonds. The third-order valence-electron chi connectivity index (χ3n) is 4.08. The van der Waals surface area contributed by atoms with Crippen molar-refractivity contribution in [2.75, 3.05) is 0 Å². The van der Waals surface area contributed by atoms with Crippen molar-refractivity contribution in [1.29, 1.82) is 0 Å². The van der Waals surface area contributed by atoms with Gasteiger partial charge >= 0.3 is 0 Å². The summed E-state index contributed by atoms with van der Waals surface area (Å²) in [7, 11) is 0. The van der Waals surface area contributed by atoms with Gasteiger partial charge in [-0.25, -0.2) is 0 Å². The molecule has 0 aromatic heterocycles. The molecule has 0 heterocycles. The number of hydrogen-bond donors (Lipinski definition) is 0. The van der Waals surface area contributed by atoms with Gasteiger partial charge in [0.1, 0.15) is 0 Å². The maximum Gasteiger partial charge on any atom is -0.0286 e.